The molecule has 0 aliphatic heterocycles. The van der Waals surface area contributed by atoms with E-state index in [2.05, 4.69) is 62.3 Å². The van der Waals surface area contributed by atoms with E-state index >= 15 is 0 Å². The zero-order valence-electron chi connectivity index (χ0n) is 53.8. The van der Waals surface area contributed by atoms with Crippen LogP contribution in [0.15, 0.2) is 0 Å². The van der Waals surface area contributed by atoms with Gasteiger partial charge in [-0.2, -0.15) is 0 Å². The molecule has 12 heteroatoms. The average molecular weight is 1180 g/mol. The minimum absolute atomic E-state index is 0.0957. The fourth-order valence-electron chi connectivity index (χ4n) is 26.2. The maximum Gasteiger partial charge on any atom is 0.303 e. The van der Waals surface area contributed by atoms with Crippen molar-refractivity contribution in [1.82, 2.24) is 0 Å². The summed E-state index contributed by atoms with van der Waals surface area (Å²) in [6.45, 7) is 21.0. The molecule has 0 heterocycles. The standard InChI is InChI=1S/2C24H40O5.C24H40O2/c2*1-13(4-7-21(28)29)16-5-6-17-22-18(12-20(27)24(16,17)3)23(2)9-8-15(25)10-14(23)11-19(22)26;1-16(7-12-22(25)26)19-10-11-20-18-9-8-17-6-4-5-14-23(17,2)21(18)13-15-24(19,20)3/h2*13-20,22,25-27H,4-12H2,1-3H3,(H,28,29);16-21H,4-15H2,1-3H3,(H,25,26)/t2*13-,14+,15-,16-,17+,18+,19-,20+,22+,23+,24-;16-,17?,18+,19-,20+,21+,23+,24-/m111/s1. The Balaban J connectivity index is 0.000000141. The van der Waals surface area contributed by atoms with Gasteiger partial charge in [0.15, 0.2) is 0 Å². The number of carboxylic acid groups (broad SMARTS) is 3. The summed E-state index contributed by atoms with van der Waals surface area (Å²) < 4.78 is 0. The highest BCUT2D eigenvalue weighted by atomic mass is 16.4. The summed E-state index contributed by atoms with van der Waals surface area (Å²) in [5, 5.41) is 93.1. The minimum atomic E-state index is -0.748. The van der Waals surface area contributed by atoms with Crippen LogP contribution >= 0.6 is 0 Å². The van der Waals surface area contributed by atoms with Crippen molar-refractivity contribution in [2.75, 3.05) is 0 Å². The zero-order valence-corrected chi connectivity index (χ0v) is 53.8. The Bertz CT molecular complexity index is 2200. The number of rotatable bonds is 12. The molecule has 0 radical (unpaired) electrons. The van der Waals surface area contributed by atoms with E-state index in [1.165, 1.54) is 64.2 Å². The third kappa shape index (κ3) is 11.3. The van der Waals surface area contributed by atoms with Gasteiger partial charge in [0.25, 0.3) is 0 Å². The summed E-state index contributed by atoms with van der Waals surface area (Å²) in [4.78, 5) is 33.2. The Labute approximate surface area is 506 Å². The van der Waals surface area contributed by atoms with Gasteiger partial charge in [-0.25, -0.2) is 0 Å². The molecule has 12 aliphatic carbocycles. The van der Waals surface area contributed by atoms with Crippen LogP contribution in [0.25, 0.3) is 0 Å². The van der Waals surface area contributed by atoms with E-state index in [9.17, 15) is 45.0 Å². The lowest BCUT2D eigenvalue weighted by molar-refractivity contribution is -0.207. The number of carbonyl (C=O) groups is 3. The average Bonchev–Trinajstić information content (AvgIpc) is 1.46. The predicted molar refractivity (Wildman–Crippen MR) is 326 cm³/mol. The first-order valence-corrected chi connectivity index (χ1v) is 35.3. The Kier molecular flexibility index (Phi) is 19.2. The lowest BCUT2D eigenvalue weighted by Gasteiger charge is -2.63. The zero-order chi connectivity index (χ0) is 60.8. The van der Waals surface area contributed by atoms with Crippen molar-refractivity contribution in [2.45, 2.75) is 292 Å². The lowest BCUT2D eigenvalue weighted by Crippen LogP contribution is -2.62. The van der Waals surface area contributed by atoms with Crippen molar-refractivity contribution in [1.29, 1.82) is 0 Å². The molecule has 12 aliphatic rings. The fourth-order valence-corrected chi connectivity index (χ4v) is 26.2. The molecule has 0 aromatic rings. The van der Waals surface area contributed by atoms with Gasteiger partial charge in [-0.15, -0.1) is 0 Å². The SMILES string of the molecule is C[C@H](CCC(=O)O)[C@H]1CC[C@H]2[C@@H]3CCC4CCCC[C@]4(C)[C@H]3CC[C@]12C.C[C@H](CCC(=O)O)[C@H]1CC[C@H]2[C@@H]3[C@H](O)C[C@@H]4C[C@H](O)CC[C@]4(C)[C@H]3C[C@H](O)[C@]12C.C[C@H](CCC(=O)O)[C@H]1CC[C@H]2[C@@H]3[C@H](O)C[C@@H]4C[C@H](O)CC[C@]4(C)[C@H]3C[C@H](O)[C@]12C. The second-order valence-electron chi connectivity index (χ2n) is 33.9. The highest BCUT2D eigenvalue weighted by Gasteiger charge is 2.68. The van der Waals surface area contributed by atoms with Gasteiger partial charge in [-0.1, -0.05) is 75.2 Å². The van der Waals surface area contributed by atoms with Crippen molar-refractivity contribution in [3.8, 4) is 0 Å². The molecule has 84 heavy (non-hydrogen) atoms. The maximum absolute atomic E-state index is 11.5. The van der Waals surface area contributed by atoms with Gasteiger partial charge in [-0.3, -0.25) is 14.4 Å². The first kappa shape index (κ1) is 65.1. The third-order valence-corrected chi connectivity index (χ3v) is 30.8. The number of aliphatic carboxylic acids is 3. The van der Waals surface area contributed by atoms with Gasteiger partial charge in [0.2, 0.25) is 0 Å². The van der Waals surface area contributed by atoms with Gasteiger partial charge in [-0.05, 0) is 300 Å². The summed E-state index contributed by atoms with van der Waals surface area (Å²) in [5.41, 5.74) is 0.832. The van der Waals surface area contributed by atoms with Crippen LogP contribution in [-0.2, 0) is 14.4 Å². The molecule has 12 rings (SSSR count). The Hall–Kier alpha value is -1.83. The molecule has 12 saturated carbocycles. The van der Waals surface area contributed by atoms with Gasteiger partial charge in [0.1, 0.15) is 0 Å². The summed E-state index contributed by atoms with van der Waals surface area (Å²) in [5.74, 6) is 6.56. The number of aliphatic hydroxyl groups excluding tert-OH is 6. The van der Waals surface area contributed by atoms with Gasteiger partial charge >= 0.3 is 17.9 Å². The smallest absolute Gasteiger partial charge is 0.303 e. The van der Waals surface area contributed by atoms with E-state index in [0.717, 1.165) is 126 Å². The number of fused-ring (bicyclic) bond motifs is 15. The predicted octanol–water partition coefficient (Wildman–Crippen LogP) is 13.4. The Morgan fingerprint density at radius 2 is 0.774 bits per heavy atom. The van der Waals surface area contributed by atoms with E-state index in [1.54, 1.807) is 0 Å². The normalized spacial score (nSPS) is 51.7. The molecule has 0 aromatic heterocycles. The minimum Gasteiger partial charge on any atom is -0.481 e. The van der Waals surface area contributed by atoms with E-state index in [1.807, 2.05) is 0 Å². The quantitative estimate of drug-likeness (QED) is 0.0888. The fraction of sp³-hybridized carbons (Fsp3) is 0.958. The first-order valence-electron chi connectivity index (χ1n) is 35.3. The van der Waals surface area contributed by atoms with Crippen molar-refractivity contribution in [2.24, 2.45) is 139 Å². The van der Waals surface area contributed by atoms with Crippen molar-refractivity contribution < 1.29 is 60.3 Å². The van der Waals surface area contributed by atoms with E-state index < -0.39 is 30.1 Å². The van der Waals surface area contributed by atoms with Crippen LogP contribution in [0.1, 0.15) is 255 Å². The second-order valence-corrected chi connectivity index (χ2v) is 33.9. The Morgan fingerprint density at radius 1 is 0.381 bits per heavy atom. The van der Waals surface area contributed by atoms with Crippen LogP contribution in [0.3, 0.4) is 0 Å². The van der Waals surface area contributed by atoms with E-state index in [0.29, 0.717) is 83.4 Å². The Morgan fingerprint density at radius 3 is 1.23 bits per heavy atom. The molecule has 12 nitrogen and oxygen atoms in total. The van der Waals surface area contributed by atoms with Crippen molar-refractivity contribution in [3.63, 3.8) is 0 Å². The molecule has 0 saturated heterocycles. The molecule has 480 valence electrons. The molecule has 0 spiro atoms. The molecule has 9 N–H and O–H groups in total. The highest BCUT2D eigenvalue weighted by molar-refractivity contribution is 5.67. The first-order chi connectivity index (χ1) is 39.5. The van der Waals surface area contributed by atoms with Gasteiger partial charge in [0.05, 0.1) is 36.6 Å². The summed E-state index contributed by atoms with van der Waals surface area (Å²) in [7, 11) is 0. The summed E-state index contributed by atoms with van der Waals surface area (Å²) in [6, 6.07) is 0. The topological polar surface area (TPSA) is 233 Å². The van der Waals surface area contributed by atoms with Crippen LogP contribution < -0.4 is 0 Å². The lowest BCUT2D eigenvalue weighted by atomic mass is 9.43. The highest BCUT2D eigenvalue weighted by Crippen LogP contribution is 2.72. The molecule has 12 fully saturated rings. The molecule has 0 aromatic carbocycles. The third-order valence-electron chi connectivity index (χ3n) is 30.8. The molecular formula is C72H120O12. The molecule has 30 atom stereocenters. The molecule has 1 unspecified atom stereocenters. The van der Waals surface area contributed by atoms with Crippen LogP contribution in [0.2, 0.25) is 0 Å². The van der Waals surface area contributed by atoms with Crippen LogP contribution in [-0.4, -0.2) is 100 Å². The van der Waals surface area contributed by atoms with Crippen LogP contribution in [0.5, 0.6) is 0 Å². The van der Waals surface area contributed by atoms with Crippen molar-refractivity contribution >= 4 is 17.9 Å². The molecule has 0 bridgehead atoms. The largest absolute Gasteiger partial charge is 0.481 e. The van der Waals surface area contributed by atoms with Crippen LogP contribution in [0, 0.1) is 139 Å². The van der Waals surface area contributed by atoms with Crippen LogP contribution in [0.4, 0.5) is 0 Å². The number of carboxylic acids is 3. The van der Waals surface area contributed by atoms with Gasteiger partial charge < -0.3 is 46.0 Å². The second kappa shape index (κ2) is 24.8. The van der Waals surface area contributed by atoms with Gasteiger partial charge in [0, 0.05) is 19.3 Å². The summed E-state index contributed by atoms with van der Waals surface area (Å²) in [6.07, 6.45) is 27.7. The maximum atomic E-state index is 11.5. The monoisotopic (exact) mass is 1180 g/mol. The van der Waals surface area contributed by atoms with Crippen molar-refractivity contribution in [3.05, 3.63) is 0 Å². The number of hydrogen-bond acceptors (Lipinski definition) is 9. The number of hydrogen-bond donors (Lipinski definition) is 9. The molecule has 0 amide bonds. The summed E-state index contributed by atoms with van der Waals surface area (Å²) >= 11 is 0. The number of aliphatic hydroxyl groups is 6. The van der Waals surface area contributed by atoms with E-state index in [4.69, 9.17) is 15.3 Å². The van der Waals surface area contributed by atoms with E-state index in [-0.39, 0.29) is 82.6 Å². The molecular weight excluding hydrogens is 1060 g/mol.